The molecule has 62 heavy (non-hydrogen) atoms. The minimum Gasteiger partial charge on any atom is -0.496 e. The van der Waals surface area contributed by atoms with E-state index >= 15 is 0 Å². The van der Waals surface area contributed by atoms with E-state index in [0.29, 0.717) is 66.7 Å². The number of nitrogens with zero attached hydrogens (tertiary/aromatic N) is 2. The first-order valence-electron chi connectivity index (χ1n) is 21.8. The van der Waals surface area contributed by atoms with E-state index in [1.165, 1.54) is 14.2 Å². The maximum absolute atomic E-state index is 14.4. The summed E-state index contributed by atoms with van der Waals surface area (Å²) in [6, 6.07) is 19.9. The van der Waals surface area contributed by atoms with Gasteiger partial charge < -0.3 is 43.5 Å². The van der Waals surface area contributed by atoms with E-state index in [0.717, 1.165) is 48.7 Å². The van der Waals surface area contributed by atoms with Crippen molar-refractivity contribution in [2.45, 2.75) is 82.6 Å². The molecule has 6 unspecified atom stereocenters. The third-order valence-corrected chi connectivity index (χ3v) is 12.0. The number of hydrogen-bond donors (Lipinski definition) is 2. The Balaban J connectivity index is 1.46. The Bertz CT molecular complexity index is 2000. The van der Waals surface area contributed by atoms with Crippen LogP contribution in [0.4, 0.5) is 4.79 Å². The standard InChI is InChI=1S/C49H62N2O11/c1-5-22-51(48(55)59-27-26-58-33-34-14-8-7-9-15-34)45-31-42(50-57-4)40-29-35(16-10-12-23-52)39(17-11-13-24-53)46-41-30-38(61-37-18-20-43(56-3)36(28-37)32-54)19-21-44(41)62-49(45,47(40)46)60-25-6-2/h6-9,14-15,18-21,28-30,32,35,39,45-47,52-53H,2,5,10-13,16-17,22-27,31,33H2,1,3-4H3. The summed E-state index contributed by atoms with van der Waals surface area (Å²) >= 11 is 0. The predicted molar refractivity (Wildman–Crippen MR) is 235 cm³/mol. The number of amides is 1. The molecule has 334 valence electrons. The highest BCUT2D eigenvalue weighted by molar-refractivity contribution is 6.03. The molecule has 6 atom stereocenters. The lowest BCUT2D eigenvalue weighted by molar-refractivity contribution is -0.255. The number of aliphatic hydroxyl groups excluding tert-OH is 2. The van der Waals surface area contributed by atoms with Crippen LogP contribution in [0.25, 0.3) is 0 Å². The van der Waals surface area contributed by atoms with Gasteiger partial charge in [0.05, 0.1) is 44.1 Å². The van der Waals surface area contributed by atoms with Crippen LogP contribution in [0.2, 0.25) is 0 Å². The van der Waals surface area contributed by atoms with E-state index in [1.807, 2.05) is 55.5 Å². The van der Waals surface area contributed by atoms with E-state index in [1.54, 1.807) is 29.2 Å². The maximum Gasteiger partial charge on any atom is 0.410 e. The van der Waals surface area contributed by atoms with Crippen LogP contribution in [-0.4, -0.2) is 98.8 Å². The Kier molecular flexibility index (Phi) is 17.0. The SMILES string of the molecule is C=CCOC12Oc3ccc(Oc4ccc(OC)c(C=O)c4)cc3C3C(CCCCO)C(CCCCO)C=C(C(=NOC)CC1N(CCC)C(=O)OCCOCc1ccccc1)C32. The smallest absolute Gasteiger partial charge is 0.410 e. The molecule has 0 aromatic heterocycles. The van der Waals surface area contributed by atoms with Crippen molar-refractivity contribution in [2.75, 3.05) is 53.8 Å². The quantitative estimate of drug-likeness (QED) is 0.0385. The van der Waals surface area contributed by atoms with Gasteiger partial charge >= 0.3 is 6.09 Å². The third-order valence-electron chi connectivity index (χ3n) is 12.0. The lowest BCUT2D eigenvalue weighted by Crippen LogP contribution is -2.70. The van der Waals surface area contributed by atoms with Gasteiger partial charge in [-0.05, 0) is 91.5 Å². The number of allylic oxidation sites excluding steroid dienone is 1. The first-order valence-corrected chi connectivity index (χ1v) is 21.8. The average Bonchev–Trinajstić information content (AvgIpc) is 3.29. The molecule has 2 aliphatic carbocycles. The zero-order chi connectivity index (χ0) is 43.9. The second kappa shape index (κ2) is 22.8. The van der Waals surface area contributed by atoms with E-state index < -0.39 is 23.8 Å². The number of rotatable bonds is 24. The monoisotopic (exact) mass is 854 g/mol. The highest BCUT2D eigenvalue weighted by Gasteiger charge is 2.65. The summed E-state index contributed by atoms with van der Waals surface area (Å²) < 4.78 is 37.9. The largest absolute Gasteiger partial charge is 0.496 e. The van der Waals surface area contributed by atoms with Crippen molar-refractivity contribution in [1.29, 1.82) is 0 Å². The van der Waals surface area contributed by atoms with Gasteiger partial charge in [-0.1, -0.05) is 67.4 Å². The molecule has 3 aromatic carbocycles. The fourth-order valence-corrected chi connectivity index (χ4v) is 9.48. The van der Waals surface area contributed by atoms with Crippen LogP contribution >= 0.6 is 0 Å². The minimum atomic E-state index is -1.43. The Morgan fingerprint density at radius 2 is 1.74 bits per heavy atom. The van der Waals surface area contributed by atoms with E-state index in [4.69, 9.17) is 33.3 Å². The molecular weight excluding hydrogens is 793 g/mol. The van der Waals surface area contributed by atoms with Gasteiger partial charge in [-0.2, -0.15) is 0 Å². The number of carbonyl (C=O) groups is 2. The molecule has 0 bridgehead atoms. The molecule has 1 fully saturated rings. The summed E-state index contributed by atoms with van der Waals surface area (Å²) in [5, 5.41) is 24.4. The Morgan fingerprint density at radius 3 is 2.45 bits per heavy atom. The molecule has 6 rings (SSSR count). The molecule has 0 spiro atoms. The molecule has 13 heteroatoms. The van der Waals surface area contributed by atoms with Crippen LogP contribution in [0.1, 0.15) is 85.7 Å². The van der Waals surface area contributed by atoms with E-state index in [2.05, 4.69) is 17.8 Å². The predicted octanol–water partition coefficient (Wildman–Crippen LogP) is 8.63. The van der Waals surface area contributed by atoms with Gasteiger partial charge in [-0.15, -0.1) is 6.58 Å². The van der Waals surface area contributed by atoms with E-state index in [9.17, 15) is 19.8 Å². The van der Waals surface area contributed by atoms with Crippen molar-refractivity contribution in [2.24, 2.45) is 22.9 Å². The number of aldehydes is 1. The molecule has 1 saturated carbocycles. The first kappa shape index (κ1) is 46.3. The number of hydrogen-bond acceptors (Lipinski definition) is 12. The highest BCUT2D eigenvalue weighted by Crippen LogP contribution is 2.62. The normalized spacial score (nSPS) is 23.0. The van der Waals surface area contributed by atoms with Crippen molar-refractivity contribution in [3.05, 3.63) is 108 Å². The van der Waals surface area contributed by atoms with Gasteiger partial charge in [-0.3, -0.25) is 9.69 Å². The zero-order valence-corrected chi connectivity index (χ0v) is 36.2. The second-order valence-corrected chi connectivity index (χ2v) is 15.9. The minimum absolute atomic E-state index is 0.0251. The van der Waals surface area contributed by atoms with Crippen LogP contribution in [0.5, 0.6) is 23.0 Å². The van der Waals surface area contributed by atoms with Crippen molar-refractivity contribution >= 4 is 18.1 Å². The van der Waals surface area contributed by atoms with Crippen molar-refractivity contribution in [3.63, 3.8) is 0 Å². The number of unbranched alkanes of at least 4 members (excludes halogenated alkanes) is 2. The highest BCUT2D eigenvalue weighted by atomic mass is 16.7. The number of methoxy groups -OCH3 is 1. The Morgan fingerprint density at radius 1 is 0.984 bits per heavy atom. The van der Waals surface area contributed by atoms with Crippen LogP contribution < -0.4 is 14.2 Å². The van der Waals surface area contributed by atoms with Crippen LogP contribution in [-0.2, 0) is 25.7 Å². The lowest BCUT2D eigenvalue weighted by Gasteiger charge is -2.59. The Hall–Kier alpha value is -5.21. The molecule has 13 nitrogen and oxygen atoms in total. The number of ether oxygens (including phenoxy) is 6. The molecule has 2 N–H and O–H groups in total. The number of oxime groups is 1. The van der Waals surface area contributed by atoms with Crippen molar-refractivity contribution in [1.82, 2.24) is 4.90 Å². The summed E-state index contributed by atoms with van der Waals surface area (Å²) in [5.41, 5.74) is 3.90. The molecular formula is C49H62N2O11. The first-order chi connectivity index (χ1) is 30.4. The summed E-state index contributed by atoms with van der Waals surface area (Å²) in [6.07, 6.45) is 9.56. The van der Waals surface area contributed by atoms with Crippen molar-refractivity contribution in [3.8, 4) is 23.0 Å². The molecule has 3 aromatic rings. The van der Waals surface area contributed by atoms with Crippen LogP contribution in [0, 0.1) is 17.8 Å². The summed E-state index contributed by atoms with van der Waals surface area (Å²) in [6.45, 7) is 7.33. The number of benzene rings is 3. The summed E-state index contributed by atoms with van der Waals surface area (Å²) in [4.78, 5) is 33.6. The molecule has 1 aliphatic heterocycles. The van der Waals surface area contributed by atoms with Gasteiger partial charge in [0.25, 0.3) is 0 Å². The number of aliphatic hydroxyl groups is 2. The second-order valence-electron chi connectivity index (χ2n) is 15.9. The Labute approximate surface area is 365 Å². The zero-order valence-electron chi connectivity index (χ0n) is 36.2. The molecule has 0 saturated heterocycles. The number of carbonyl (C=O) groups excluding carboxylic acids is 2. The fraction of sp³-hybridized carbons (Fsp3) is 0.490. The van der Waals surface area contributed by atoms with Gasteiger partial charge in [0.2, 0.25) is 5.79 Å². The molecule has 3 aliphatic rings. The van der Waals surface area contributed by atoms with Gasteiger partial charge in [0.1, 0.15) is 42.8 Å². The number of fused-ring (bicyclic) bond motifs is 2. The van der Waals surface area contributed by atoms with Crippen LogP contribution in [0.3, 0.4) is 0 Å². The molecule has 0 radical (unpaired) electrons. The fourth-order valence-electron chi connectivity index (χ4n) is 9.48. The van der Waals surface area contributed by atoms with Gasteiger partial charge in [0, 0.05) is 37.7 Å². The summed E-state index contributed by atoms with van der Waals surface area (Å²) in [7, 11) is 3.03. The summed E-state index contributed by atoms with van der Waals surface area (Å²) in [5.74, 6) is -0.0410. The van der Waals surface area contributed by atoms with Crippen molar-refractivity contribution < 1.29 is 53.1 Å². The molecule has 1 amide bonds. The lowest BCUT2D eigenvalue weighted by atomic mass is 9.55. The molecule has 1 heterocycles. The van der Waals surface area contributed by atoms with Gasteiger partial charge in [0.15, 0.2) is 6.29 Å². The topological polar surface area (TPSA) is 155 Å². The third kappa shape index (κ3) is 10.5. The van der Waals surface area contributed by atoms with Gasteiger partial charge in [-0.25, -0.2) is 4.79 Å². The van der Waals surface area contributed by atoms with Crippen LogP contribution in [0.15, 0.2) is 96.2 Å². The van der Waals surface area contributed by atoms with E-state index in [-0.39, 0.29) is 57.2 Å². The average molecular weight is 855 g/mol. The maximum atomic E-state index is 14.4.